The van der Waals surface area contributed by atoms with Crippen molar-refractivity contribution in [1.29, 1.82) is 0 Å². The van der Waals surface area contributed by atoms with E-state index in [-0.39, 0.29) is 5.92 Å². The van der Waals surface area contributed by atoms with E-state index in [1.807, 2.05) is 33.1 Å². The summed E-state index contributed by atoms with van der Waals surface area (Å²) < 4.78 is 23.8. The number of allylic oxidation sites excluding steroid dienone is 1. The Morgan fingerprint density at radius 1 is 0.704 bits per heavy atom. The molecule has 0 radical (unpaired) electrons. The zero-order chi connectivity index (χ0) is 20.2. The van der Waals surface area contributed by atoms with Crippen LogP contribution < -0.4 is 0 Å². The number of rotatable bonds is 20. The molecule has 0 spiro atoms. The third kappa shape index (κ3) is 12.5. The molecule has 1 unspecified atom stereocenters. The highest BCUT2D eigenvalue weighted by Crippen LogP contribution is 2.34. The summed E-state index contributed by atoms with van der Waals surface area (Å²) in [4.78, 5) is 0. The van der Waals surface area contributed by atoms with Crippen molar-refractivity contribution >= 4 is 0 Å². The number of hydrogen-bond donors (Lipinski definition) is 0. The van der Waals surface area contributed by atoms with Gasteiger partial charge in [-0.05, 0) is 46.5 Å². The van der Waals surface area contributed by atoms with Crippen LogP contribution in [0.5, 0.6) is 0 Å². The Hall–Kier alpha value is -0.580. The van der Waals surface area contributed by atoms with Crippen LogP contribution in [0.1, 0.15) is 98.8 Å². The summed E-state index contributed by atoms with van der Waals surface area (Å²) in [6, 6.07) is 0. The SMILES string of the molecule is CCC=COCCCC(CCCCCCCC)C(OCC)(OCC)OCC. The van der Waals surface area contributed by atoms with E-state index in [0.717, 1.165) is 32.3 Å². The normalized spacial score (nSPS) is 13.4. The fourth-order valence-corrected chi connectivity index (χ4v) is 3.40. The molecule has 0 aliphatic rings. The highest BCUT2D eigenvalue weighted by atomic mass is 16.9. The Kier molecular flexibility index (Phi) is 18.4. The van der Waals surface area contributed by atoms with Crippen molar-refractivity contribution in [3.05, 3.63) is 12.3 Å². The fourth-order valence-electron chi connectivity index (χ4n) is 3.40. The second-order valence-corrected chi connectivity index (χ2v) is 6.95. The molecular formula is C23H46O4. The van der Waals surface area contributed by atoms with E-state index in [9.17, 15) is 0 Å². The fraction of sp³-hybridized carbons (Fsp3) is 0.913. The molecule has 0 heterocycles. The van der Waals surface area contributed by atoms with Crippen molar-refractivity contribution < 1.29 is 18.9 Å². The van der Waals surface area contributed by atoms with Gasteiger partial charge in [-0.1, -0.05) is 58.4 Å². The van der Waals surface area contributed by atoms with E-state index < -0.39 is 5.97 Å². The maximum atomic E-state index is 6.06. The third-order valence-corrected chi connectivity index (χ3v) is 4.69. The van der Waals surface area contributed by atoms with Crippen molar-refractivity contribution in [2.24, 2.45) is 5.92 Å². The third-order valence-electron chi connectivity index (χ3n) is 4.69. The monoisotopic (exact) mass is 386 g/mol. The lowest BCUT2D eigenvalue weighted by atomic mass is 9.93. The molecule has 1 atom stereocenters. The van der Waals surface area contributed by atoms with Gasteiger partial charge in [0, 0.05) is 25.7 Å². The quantitative estimate of drug-likeness (QED) is 0.130. The second-order valence-electron chi connectivity index (χ2n) is 6.95. The van der Waals surface area contributed by atoms with E-state index >= 15 is 0 Å². The van der Waals surface area contributed by atoms with E-state index in [1.165, 1.54) is 38.5 Å². The summed E-state index contributed by atoms with van der Waals surface area (Å²) in [5.41, 5.74) is 0. The van der Waals surface area contributed by atoms with E-state index in [4.69, 9.17) is 18.9 Å². The highest BCUT2D eigenvalue weighted by molar-refractivity contribution is 4.74. The van der Waals surface area contributed by atoms with Gasteiger partial charge in [-0.15, -0.1) is 0 Å². The molecule has 0 saturated heterocycles. The molecule has 0 aromatic rings. The van der Waals surface area contributed by atoms with E-state index in [1.54, 1.807) is 0 Å². The Labute approximate surface area is 169 Å². The molecule has 0 aromatic carbocycles. The summed E-state index contributed by atoms with van der Waals surface area (Å²) in [7, 11) is 0. The van der Waals surface area contributed by atoms with Crippen LogP contribution in [0.25, 0.3) is 0 Å². The Morgan fingerprint density at radius 2 is 1.26 bits per heavy atom. The largest absolute Gasteiger partial charge is 0.502 e. The average molecular weight is 387 g/mol. The number of ether oxygens (including phenoxy) is 4. The summed E-state index contributed by atoms with van der Waals surface area (Å²) in [6.45, 7) is 12.9. The molecule has 27 heavy (non-hydrogen) atoms. The van der Waals surface area contributed by atoms with Crippen molar-refractivity contribution in [2.75, 3.05) is 26.4 Å². The van der Waals surface area contributed by atoms with Crippen molar-refractivity contribution in [3.63, 3.8) is 0 Å². The van der Waals surface area contributed by atoms with Gasteiger partial charge in [0.25, 0.3) is 5.97 Å². The molecule has 0 N–H and O–H groups in total. The van der Waals surface area contributed by atoms with Crippen LogP contribution in [0, 0.1) is 5.92 Å². The Morgan fingerprint density at radius 3 is 1.81 bits per heavy atom. The van der Waals surface area contributed by atoms with Gasteiger partial charge in [0.1, 0.15) is 0 Å². The van der Waals surface area contributed by atoms with Crippen LogP contribution in [-0.4, -0.2) is 32.4 Å². The molecule has 4 heteroatoms. The van der Waals surface area contributed by atoms with Gasteiger partial charge in [-0.3, -0.25) is 0 Å². The van der Waals surface area contributed by atoms with Gasteiger partial charge < -0.3 is 18.9 Å². The summed E-state index contributed by atoms with van der Waals surface area (Å²) in [5, 5.41) is 0. The molecule has 0 aliphatic carbocycles. The van der Waals surface area contributed by atoms with Crippen molar-refractivity contribution in [1.82, 2.24) is 0 Å². The lowest BCUT2D eigenvalue weighted by Gasteiger charge is -2.39. The lowest BCUT2D eigenvalue weighted by molar-refractivity contribution is -0.403. The first-order valence-electron chi connectivity index (χ1n) is 11.4. The van der Waals surface area contributed by atoms with Gasteiger partial charge in [-0.2, -0.15) is 0 Å². The number of unbranched alkanes of at least 4 members (excludes halogenated alkanes) is 5. The summed E-state index contributed by atoms with van der Waals surface area (Å²) in [6.07, 6.45) is 15.6. The first-order chi connectivity index (χ1) is 13.2. The minimum absolute atomic E-state index is 0.224. The highest BCUT2D eigenvalue weighted by Gasteiger charge is 2.41. The van der Waals surface area contributed by atoms with Gasteiger partial charge in [0.2, 0.25) is 0 Å². The van der Waals surface area contributed by atoms with Crippen molar-refractivity contribution in [3.8, 4) is 0 Å². The number of hydrogen-bond acceptors (Lipinski definition) is 4. The lowest BCUT2D eigenvalue weighted by Crippen LogP contribution is -2.47. The standard InChI is InChI=1S/C23H46O4/c1-6-11-13-14-15-16-18-22(19-17-21-24-20-12-7-2)23(25-8-3,26-9-4)27-10-5/h12,20,22H,6-11,13-19,21H2,1-5H3. The van der Waals surface area contributed by atoms with Crippen LogP contribution in [0.2, 0.25) is 0 Å². The predicted octanol–water partition coefficient (Wildman–Crippen LogP) is 6.84. The average Bonchev–Trinajstić information content (AvgIpc) is 2.66. The minimum atomic E-state index is -0.916. The molecule has 0 rings (SSSR count). The maximum absolute atomic E-state index is 6.06. The van der Waals surface area contributed by atoms with Crippen LogP contribution in [0.4, 0.5) is 0 Å². The molecule has 0 bridgehead atoms. The minimum Gasteiger partial charge on any atom is -0.502 e. The topological polar surface area (TPSA) is 36.9 Å². The zero-order valence-electron chi connectivity index (χ0n) is 18.8. The van der Waals surface area contributed by atoms with Gasteiger partial charge in [0.05, 0.1) is 12.9 Å². The van der Waals surface area contributed by atoms with Gasteiger partial charge >= 0.3 is 0 Å². The molecule has 0 fully saturated rings. The molecule has 0 aliphatic heterocycles. The van der Waals surface area contributed by atoms with E-state index in [2.05, 4.69) is 13.8 Å². The van der Waals surface area contributed by atoms with Gasteiger partial charge in [0.15, 0.2) is 0 Å². The van der Waals surface area contributed by atoms with Crippen molar-refractivity contribution in [2.45, 2.75) is 105 Å². The summed E-state index contributed by atoms with van der Waals surface area (Å²) >= 11 is 0. The predicted molar refractivity (Wildman–Crippen MR) is 114 cm³/mol. The molecule has 0 amide bonds. The molecule has 162 valence electrons. The smallest absolute Gasteiger partial charge is 0.285 e. The zero-order valence-corrected chi connectivity index (χ0v) is 18.8. The Bertz CT molecular complexity index is 313. The van der Waals surface area contributed by atoms with Crippen LogP contribution in [0.15, 0.2) is 12.3 Å². The van der Waals surface area contributed by atoms with Crippen LogP contribution in [-0.2, 0) is 18.9 Å². The Balaban J connectivity index is 4.78. The summed E-state index contributed by atoms with van der Waals surface area (Å²) in [5.74, 6) is -0.691. The van der Waals surface area contributed by atoms with Crippen LogP contribution >= 0.6 is 0 Å². The maximum Gasteiger partial charge on any atom is 0.285 e. The molecular weight excluding hydrogens is 340 g/mol. The molecule has 0 saturated carbocycles. The first kappa shape index (κ1) is 26.4. The van der Waals surface area contributed by atoms with E-state index in [0.29, 0.717) is 19.8 Å². The molecule has 0 aromatic heterocycles. The molecule has 4 nitrogen and oxygen atoms in total. The first-order valence-corrected chi connectivity index (χ1v) is 11.4. The van der Waals surface area contributed by atoms with Gasteiger partial charge in [-0.25, -0.2) is 0 Å². The second kappa shape index (κ2) is 18.8. The van der Waals surface area contributed by atoms with Crippen LogP contribution in [0.3, 0.4) is 0 Å².